The molecule has 0 bridgehead atoms. The van der Waals surface area contributed by atoms with Gasteiger partial charge in [0.25, 0.3) is 0 Å². The zero-order valence-electron chi connectivity index (χ0n) is 14.8. The molecule has 0 aliphatic carbocycles. The Morgan fingerprint density at radius 2 is 2.12 bits per heavy atom. The van der Waals surface area contributed by atoms with Gasteiger partial charge >= 0.3 is 6.03 Å². The van der Waals surface area contributed by atoms with Crippen molar-refractivity contribution in [3.05, 3.63) is 51.5 Å². The number of nitrogens with one attached hydrogen (secondary N) is 1. The van der Waals surface area contributed by atoms with Crippen LogP contribution in [0.25, 0.3) is 0 Å². The van der Waals surface area contributed by atoms with E-state index in [9.17, 15) is 4.79 Å². The molecule has 24 heavy (non-hydrogen) atoms. The van der Waals surface area contributed by atoms with Gasteiger partial charge < -0.3 is 10.2 Å². The van der Waals surface area contributed by atoms with E-state index in [4.69, 9.17) is 0 Å². The van der Waals surface area contributed by atoms with E-state index >= 15 is 0 Å². The highest BCUT2D eigenvalue weighted by Crippen LogP contribution is 2.27. The van der Waals surface area contributed by atoms with Crippen LogP contribution in [0.5, 0.6) is 0 Å². The number of hydrogen-bond donors (Lipinski definition) is 1. The fraction of sp³-hybridized carbons (Fsp3) is 0.474. The molecular formula is C19H25N3OS. The van der Waals surface area contributed by atoms with E-state index in [1.165, 1.54) is 16.7 Å². The summed E-state index contributed by atoms with van der Waals surface area (Å²) < 4.78 is 0. The molecule has 5 heteroatoms. The highest BCUT2D eigenvalue weighted by molar-refractivity contribution is 7.09. The Labute approximate surface area is 147 Å². The second kappa shape index (κ2) is 6.55. The van der Waals surface area contributed by atoms with Gasteiger partial charge in [-0.25, -0.2) is 9.78 Å². The summed E-state index contributed by atoms with van der Waals surface area (Å²) in [6.45, 7) is 10.1. The van der Waals surface area contributed by atoms with Gasteiger partial charge in [-0.3, -0.25) is 0 Å². The van der Waals surface area contributed by atoms with Gasteiger partial charge in [0.15, 0.2) is 0 Å². The molecule has 0 fully saturated rings. The largest absolute Gasteiger partial charge is 0.329 e. The molecule has 1 aromatic heterocycles. The zero-order chi connectivity index (χ0) is 17.3. The Bertz CT molecular complexity index is 719. The molecule has 2 heterocycles. The third-order valence-electron chi connectivity index (χ3n) is 4.53. The molecule has 0 saturated carbocycles. The normalized spacial score (nSPS) is 15.8. The maximum atomic E-state index is 12.6. The number of aromatic nitrogens is 1. The molecule has 1 unspecified atom stereocenters. The minimum absolute atomic E-state index is 0.00971. The van der Waals surface area contributed by atoms with E-state index in [1.807, 2.05) is 17.2 Å². The molecule has 0 spiro atoms. The highest BCUT2D eigenvalue weighted by Gasteiger charge is 2.24. The molecule has 1 aromatic carbocycles. The summed E-state index contributed by atoms with van der Waals surface area (Å²) in [5.41, 5.74) is 4.07. The second-order valence-corrected chi connectivity index (χ2v) is 8.37. The lowest BCUT2D eigenvalue weighted by atomic mass is 9.84. The smallest absolute Gasteiger partial charge is 0.318 e. The second-order valence-electron chi connectivity index (χ2n) is 7.45. The first-order chi connectivity index (χ1) is 11.3. The van der Waals surface area contributed by atoms with Crippen LogP contribution < -0.4 is 5.32 Å². The van der Waals surface area contributed by atoms with Gasteiger partial charge in [0.2, 0.25) is 0 Å². The lowest BCUT2D eigenvalue weighted by Gasteiger charge is -2.31. The molecule has 1 aliphatic heterocycles. The number of rotatable bonds is 2. The number of urea groups is 1. The maximum absolute atomic E-state index is 12.6. The van der Waals surface area contributed by atoms with Crippen LogP contribution in [-0.2, 0) is 18.4 Å². The van der Waals surface area contributed by atoms with Crippen molar-refractivity contribution in [1.29, 1.82) is 0 Å². The van der Waals surface area contributed by atoms with Gasteiger partial charge in [-0.15, -0.1) is 11.3 Å². The first-order valence-corrected chi connectivity index (χ1v) is 9.29. The van der Waals surface area contributed by atoms with E-state index in [1.54, 1.807) is 17.5 Å². The lowest BCUT2D eigenvalue weighted by molar-refractivity contribution is 0.189. The van der Waals surface area contributed by atoms with Crippen LogP contribution in [0.3, 0.4) is 0 Å². The van der Waals surface area contributed by atoms with Crippen molar-refractivity contribution in [2.45, 2.75) is 52.1 Å². The molecule has 1 aliphatic rings. The van der Waals surface area contributed by atoms with Crippen LogP contribution in [0.2, 0.25) is 0 Å². The third kappa shape index (κ3) is 3.61. The number of carbonyl (C=O) groups is 1. The summed E-state index contributed by atoms with van der Waals surface area (Å²) in [5.74, 6) is 0. The quantitative estimate of drug-likeness (QED) is 0.885. The molecule has 3 rings (SSSR count). The number of fused-ring (bicyclic) bond motifs is 1. The van der Waals surface area contributed by atoms with Crippen molar-refractivity contribution < 1.29 is 4.79 Å². The zero-order valence-corrected chi connectivity index (χ0v) is 15.6. The van der Waals surface area contributed by atoms with Crippen LogP contribution in [-0.4, -0.2) is 22.5 Å². The van der Waals surface area contributed by atoms with Crippen LogP contribution in [0.15, 0.2) is 29.8 Å². The Kier molecular flexibility index (Phi) is 4.63. The third-order valence-corrected chi connectivity index (χ3v) is 5.49. The Hall–Kier alpha value is -1.88. The fourth-order valence-electron chi connectivity index (χ4n) is 2.98. The van der Waals surface area contributed by atoms with Gasteiger partial charge in [0.1, 0.15) is 5.01 Å². The topological polar surface area (TPSA) is 45.2 Å². The van der Waals surface area contributed by atoms with Crippen molar-refractivity contribution in [1.82, 2.24) is 15.2 Å². The van der Waals surface area contributed by atoms with Crippen LogP contribution in [0, 0.1) is 0 Å². The first-order valence-electron chi connectivity index (χ1n) is 8.41. The molecular weight excluding hydrogens is 318 g/mol. The summed E-state index contributed by atoms with van der Waals surface area (Å²) >= 11 is 1.57. The molecule has 2 amide bonds. The Balaban J connectivity index is 1.71. The number of benzene rings is 1. The van der Waals surface area contributed by atoms with Gasteiger partial charge in [0.05, 0.1) is 6.04 Å². The SMILES string of the molecule is CC(NC(=O)N1CCc2ccc(C(C)(C)C)cc2C1)c1nccs1. The molecule has 2 aromatic rings. The number of hydrogen-bond acceptors (Lipinski definition) is 3. The van der Waals surface area contributed by atoms with Gasteiger partial charge in [-0.1, -0.05) is 39.0 Å². The van der Waals surface area contributed by atoms with E-state index in [0.29, 0.717) is 6.54 Å². The monoisotopic (exact) mass is 343 g/mol. The van der Waals surface area contributed by atoms with Gasteiger partial charge in [0, 0.05) is 24.7 Å². The van der Waals surface area contributed by atoms with Crippen LogP contribution in [0.1, 0.15) is 55.4 Å². The summed E-state index contributed by atoms with van der Waals surface area (Å²) in [6, 6.07) is 6.64. The van der Waals surface area contributed by atoms with E-state index in [2.05, 4.69) is 49.3 Å². The number of amides is 2. The average molecular weight is 343 g/mol. The van der Waals surface area contributed by atoms with Crippen molar-refractivity contribution >= 4 is 17.4 Å². The minimum Gasteiger partial charge on any atom is -0.329 e. The summed E-state index contributed by atoms with van der Waals surface area (Å²) in [5, 5.41) is 5.94. The van der Waals surface area contributed by atoms with E-state index in [0.717, 1.165) is 18.0 Å². The van der Waals surface area contributed by atoms with Crippen molar-refractivity contribution in [2.24, 2.45) is 0 Å². The van der Waals surface area contributed by atoms with Gasteiger partial charge in [-0.2, -0.15) is 0 Å². The Morgan fingerprint density at radius 1 is 1.33 bits per heavy atom. The van der Waals surface area contributed by atoms with E-state index in [-0.39, 0.29) is 17.5 Å². The average Bonchev–Trinajstić information content (AvgIpc) is 3.07. The summed E-state index contributed by atoms with van der Waals surface area (Å²) in [4.78, 5) is 18.8. The number of thiazole rings is 1. The standard InChI is InChI=1S/C19H25N3OS/c1-13(17-20-8-10-24-17)21-18(23)22-9-7-14-5-6-16(19(2,3)4)11-15(14)12-22/h5-6,8,10-11,13H,7,9,12H2,1-4H3,(H,21,23). The maximum Gasteiger partial charge on any atom is 0.318 e. The van der Waals surface area contributed by atoms with Gasteiger partial charge in [-0.05, 0) is 35.4 Å². The summed E-state index contributed by atoms with van der Waals surface area (Å²) in [6.07, 6.45) is 2.69. The fourth-order valence-corrected chi connectivity index (χ4v) is 3.63. The molecule has 4 nitrogen and oxygen atoms in total. The molecule has 1 N–H and O–H groups in total. The minimum atomic E-state index is -0.0557. The molecule has 1 atom stereocenters. The molecule has 0 saturated heterocycles. The number of carbonyl (C=O) groups excluding carboxylic acids is 1. The van der Waals surface area contributed by atoms with Crippen molar-refractivity contribution in [3.63, 3.8) is 0 Å². The molecule has 0 radical (unpaired) electrons. The highest BCUT2D eigenvalue weighted by atomic mass is 32.1. The first kappa shape index (κ1) is 17.0. The van der Waals surface area contributed by atoms with Crippen molar-refractivity contribution in [2.75, 3.05) is 6.54 Å². The van der Waals surface area contributed by atoms with E-state index < -0.39 is 0 Å². The predicted octanol–water partition coefficient (Wildman–Crippen LogP) is 4.27. The molecule has 128 valence electrons. The van der Waals surface area contributed by atoms with Crippen LogP contribution in [0.4, 0.5) is 4.79 Å². The predicted molar refractivity (Wildman–Crippen MR) is 98.3 cm³/mol. The lowest BCUT2D eigenvalue weighted by Crippen LogP contribution is -2.43. The number of nitrogens with zero attached hydrogens (tertiary/aromatic N) is 2. The Morgan fingerprint density at radius 3 is 2.79 bits per heavy atom. The van der Waals surface area contributed by atoms with Crippen molar-refractivity contribution in [3.8, 4) is 0 Å². The van der Waals surface area contributed by atoms with Crippen LogP contribution >= 0.6 is 11.3 Å². The summed E-state index contributed by atoms with van der Waals surface area (Å²) in [7, 11) is 0.